The quantitative estimate of drug-likeness (QED) is 0.486. The maximum atomic E-state index is 3.28. The van der Waals surface area contributed by atoms with Crippen molar-refractivity contribution in [2.24, 2.45) is 5.41 Å². The fourth-order valence-electron chi connectivity index (χ4n) is 0.799. The highest BCUT2D eigenvalue weighted by molar-refractivity contribution is 4.92. The summed E-state index contributed by atoms with van der Waals surface area (Å²) in [6, 6.07) is 0. The maximum Gasteiger partial charge on any atom is -0.00144 e. The van der Waals surface area contributed by atoms with Crippen molar-refractivity contribution in [3.8, 4) is 0 Å². The summed E-state index contributed by atoms with van der Waals surface area (Å²) in [4.78, 5) is 0. The van der Waals surface area contributed by atoms with Gasteiger partial charge in [-0.15, -0.1) is 0 Å². The molecule has 1 nitrogen and oxygen atoms in total. The first kappa shape index (κ1) is 10.7. The van der Waals surface area contributed by atoms with Gasteiger partial charge in [0, 0.05) is 0 Å². The van der Waals surface area contributed by atoms with E-state index < -0.39 is 0 Å². The van der Waals surface area contributed by atoms with E-state index in [1.165, 1.54) is 0 Å². The lowest BCUT2D eigenvalue weighted by Gasteiger charge is -2.10. The third kappa shape index (κ3) is 9.70. The minimum Gasteiger partial charge on any atom is -0.317 e. The third-order valence-corrected chi connectivity index (χ3v) is 1.36. The summed E-state index contributed by atoms with van der Waals surface area (Å²) in [6.45, 7) is 11.0. The molecule has 11 heavy (non-hydrogen) atoms. The first-order valence-electron chi connectivity index (χ1n) is 4.44. The van der Waals surface area contributed by atoms with Gasteiger partial charge >= 0.3 is 0 Å². The summed E-state index contributed by atoms with van der Waals surface area (Å²) >= 11 is 0. The van der Waals surface area contributed by atoms with Crippen LogP contribution in [0.2, 0.25) is 0 Å². The largest absolute Gasteiger partial charge is 0.317 e. The van der Waals surface area contributed by atoms with Gasteiger partial charge in [0.05, 0.1) is 0 Å². The molecule has 0 aliphatic heterocycles. The van der Waals surface area contributed by atoms with Gasteiger partial charge < -0.3 is 5.32 Å². The topological polar surface area (TPSA) is 12.0 Å². The number of hydrogen-bond acceptors (Lipinski definition) is 1. The van der Waals surface area contributed by atoms with Gasteiger partial charge in [-0.25, -0.2) is 0 Å². The molecule has 0 aromatic heterocycles. The van der Waals surface area contributed by atoms with Crippen LogP contribution in [-0.2, 0) is 0 Å². The molecule has 0 atom stereocenters. The molecule has 1 N–H and O–H groups in total. The number of hydrogen-bond donors (Lipinski definition) is 1. The molecule has 0 saturated heterocycles. The highest BCUT2D eigenvalue weighted by atomic mass is 14.8. The van der Waals surface area contributed by atoms with Crippen molar-refractivity contribution in [1.29, 1.82) is 0 Å². The lowest BCUT2D eigenvalue weighted by Crippen LogP contribution is -2.13. The Morgan fingerprint density at radius 1 is 1.27 bits per heavy atom. The van der Waals surface area contributed by atoms with Gasteiger partial charge in [0.15, 0.2) is 0 Å². The van der Waals surface area contributed by atoms with Crippen molar-refractivity contribution < 1.29 is 0 Å². The zero-order valence-corrected chi connectivity index (χ0v) is 8.28. The van der Waals surface area contributed by atoms with Crippen LogP contribution < -0.4 is 5.32 Å². The second kappa shape index (κ2) is 5.36. The van der Waals surface area contributed by atoms with Crippen LogP contribution in [0, 0.1) is 5.41 Å². The minimum absolute atomic E-state index is 0.339. The number of allylic oxidation sites excluding steroid dienone is 1. The fourth-order valence-corrected chi connectivity index (χ4v) is 0.799. The van der Waals surface area contributed by atoms with E-state index in [1.54, 1.807) is 0 Å². The SMILES string of the molecule is CCNCCC=CC(C)(C)C. The van der Waals surface area contributed by atoms with E-state index in [2.05, 4.69) is 45.2 Å². The van der Waals surface area contributed by atoms with Crippen molar-refractivity contribution in [3.05, 3.63) is 12.2 Å². The van der Waals surface area contributed by atoms with E-state index in [-0.39, 0.29) is 0 Å². The average Bonchev–Trinajstić information content (AvgIpc) is 1.85. The van der Waals surface area contributed by atoms with E-state index in [0.717, 1.165) is 19.5 Å². The summed E-state index contributed by atoms with van der Waals surface area (Å²) in [5.74, 6) is 0. The molecule has 0 radical (unpaired) electrons. The Kier molecular flexibility index (Phi) is 5.22. The summed E-state index contributed by atoms with van der Waals surface area (Å²) in [5, 5.41) is 3.28. The van der Waals surface area contributed by atoms with Crippen molar-refractivity contribution in [2.75, 3.05) is 13.1 Å². The Morgan fingerprint density at radius 3 is 2.36 bits per heavy atom. The lowest BCUT2D eigenvalue weighted by atomic mass is 9.96. The molecule has 0 fully saturated rings. The van der Waals surface area contributed by atoms with E-state index >= 15 is 0 Å². The normalized spacial score (nSPS) is 12.7. The Hall–Kier alpha value is -0.300. The van der Waals surface area contributed by atoms with Gasteiger partial charge in [0.25, 0.3) is 0 Å². The Balaban J connectivity index is 3.30. The Bertz CT molecular complexity index is 109. The van der Waals surface area contributed by atoms with Gasteiger partial charge in [0.1, 0.15) is 0 Å². The van der Waals surface area contributed by atoms with Crippen LogP contribution in [0.5, 0.6) is 0 Å². The summed E-state index contributed by atoms with van der Waals surface area (Å²) in [6.07, 6.45) is 5.66. The van der Waals surface area contributed by atoms with Crippen LogP contribution in [-0.4, -0.2) is 13.1 Å². The molecule has 0 amide bonds. The second-order valence-electron chi connectivity index (χ2n) is 3.91. The average molecular weight is 155 g/mol. The summed E-state index contributed by atoms with van der Waals surface area (Å²) < 4.78 is 0. The van der Waals surface area contributed by atoms with Crippen molar-refractivity contribution in [1.82, 2.24) is 5.32 Å². The molecule has 0 aromatic carbocycles. The van der Waals surface area contributed by atoms with Gasteiger partial charge in [-0.05, 0) is 24.9 Å². The first-order valence-corrected chi connectivity index (χ1v) is 4.44. The van der Waals surface area contributed by atoms with Crippen LogP contribution in [0.15, 0.2) is 12.2 Å². The van der Waals surface area contributed by atoms with Crippen LogP contribution in [0.1, 0.15) is 34.1 Å². The van der Waals surface area contributed by atoms with E-state index in [0.29, 0.717) is 5.41 Å². The summed E-state index contributed by atoms with van der Waals surface area (Å²) in [5.41, 5.74) is 0.339. The van der Waals surface area contributed by atoms with Crippen molar-refractivity contribution >= 4 is 0 Å². The molecule has 0 bridgehead atoms. The molecule has 0 spiro atoms. The number of rotatable bonds is 4. The van der Waals surface area contributed by atoms with Crippen LogP contribution in [0.4, 0.5) is 0 Å². The molecule has 0 heterocycles. The van der Waals surface area contributed by atoms with Crippen molar-refractivity contribution in [3.63, 3.8) is 0 Å². The molecule has 0 saturated carbocycles. The monoisotopic (exact) mass is 155 g/mol. The molecular weight excluding hydrogens is 134 g/mol. The highest BCUT2D eigenvalue weighted by Crippen LogP contribution is 2.14. The Morgan fingerprint density at radius 2 is 1.91 bits per heavy atom. The van der Waals surface area contributed by atoms with Crippen molar-refractivity contribution in [2.45, 2.75) is 34.1 Å². The predicted octanol–water partition coefficient (Wildman–Crippen LogP) is 2.59. The molecular formula is C10H21N. The molecule has 0 rings (SSSR count). The first-order chi connectivity index (χ1) is 5.06. The van der Waals surface area contributed by atoms with E-state index in [9.17, 15) is 0 Å². The molecule has 1 heteroatoms. The van der Waals surface area contributed by atoms with Gasteiger partial charge in [0.2, 0.25) is 0 Å². The smallest absolute Gasteiger partial charge is 0.00144 e. The van der Waals surface area contributed by atoms with E-state index in [1.807, 2.05) is 0 Å². The molecule has 0 aliphatic rings. The van der Waals surface area contributed by atoms with Gasteiger partial charge in [-0.3, -0.25) is 0 Å². The number of nitrogens with one attached hydrogen (secondary N) is 1. The fraction of sp³-hybridized carbons (Fsp3) is 0.800. The molecule has 66 valence electrons. The zero-order chi connectivity index (χ0) is 8.74. The van der Waals surface area contributed by atoms with Crippen LogP contribution in [0.3, 0.4) is 0 Å². The molecule has 0 aromatic rings. The third-order valence-electron chi connectivity index (χ3n) is 1.36. The molecule has 0 aliphatic carbocycles. The highest BCUT2D eigenvalue weighted by Gasteiger charge is 2.01. The summed E-state index contributed by atoms with van der Waals surface area (Å²) in [7, 11) is 0. The van der Waals surface area contributed by atoms with Crippen LogP contribution in [0.25, 0.3) is 0 Å². The van der Waals surface area contributed by atoms with E-state index in [4.69, 9.17) is 0 Å². The zero-order valence-electron chi connectivity index (χ0n) is 8.28. The van der Waals surface area contributed by atoms with Gasteiger partial charge in [-0.1, -0.05) is 39.8 Å². The predicted molar refractivity (Wildman–Crippen MR) is 51.8 cm³/mol. The standard InChI is InChI=1S/C10H21N/c1-5-11-9-7-6-8-10(2,3)4/h6,8,11H,5,7,9H2,1-4H3. The van der Waals surface area contributed by atoms with Crippen LogP contribution >= 0.6 is 0 Å². The molecule has 0 unspecified atom stereocenters. The second-order valence-corrected chi connectivity index (χ2v) is 3.91. The minimum atomic E-state index is 0.339. The lowest BCUT2D eigenvalue weighted by molar-refractivity contribution is 0.541. The maximum absolute atomic E-state index is 3.28. The Labute approximate surface area is 70.9 Å². The van der Waals surface area contributed by atoms with Gasteiger partial charge in [-0.2, -0.15) is 0 Å².